The molecule has 0 N–H and O–H groups in total. The van der Waals surface area contributed by atoms with Crippen LogP contribution < -0.4 is 0 Å². The minimum Gasteiger partial charge on any atom is -0.260 e. The summed E-state index contributed by atoms with van der Waals surface area (Å²) in [6, 6.07) is 1.83. The molecule has 0 unspecified atom stereocenters. The zero-order valence-electron chi connectivity index (χ0n) is 7.98. The molecule has 12 heavy (non-hydrogen) atoms. The van der Waals surface area contributed by atoms with Gasteiger partial charge < -0.3 is 0 Å². The third kappa shape index (κ3) is 1.78. The fourth-order valence-electron chi connectivity index (χ4n) is 1.27. The van der Waals surface area contributed by atoms with Gasteiger partial charge in [-0.3, -0.25) is 4.98 Å². The first kappa shape index (κ1) is 9.53. The van der Waals surface area contributed by atoms with Gasteiger partial charge in [-0.1, -0.05) is 32.4 Å². The third-order valence-electron chi connectivity index (χ3n) is 1.85. The quantitative estimate of drug-likeness (QED) is 0.601. The van der Waals surface area contributed by atoms with Gasteiger partial charge in [-0.2, -0.15) is 0 Å². The Kier molecular flexibility index (Phi) is 2.43. The summed E-state index contributed by atoms with van der Waals surface area (Å²) in [5.74, 6) is 0. The van der Waals surface area contributed by atoms with Gasteiger partial charge in [-0.25, -0.2) is 0 Å². The number of rotatable bonds is 0. The maximum absolute atomic E-state index is 5.98. The number of halogens is 1. The van der Waals surface area contributed by atoms with Crippen LogP contribution in [-0.4, -0.2) is 4.98 Å². The van der Waals surface area contributed by atoms with Crippen molar-refractivity contribution >= 4 is 11.6 Å². The van der Waals surface area contributed by atoms with E-state index in [1.165, 1.54) is 0 Å². The second-order valence-electron chi connectivity index (χ2n) is 4.02. The Labute approximate surface area is 78.8 Å². The molecule has 1 aromatic heterocycles. The minimum absolute atomic E-state index is 0.0784. The first-order valence-corrected chi connectivity index (χ1v) is 4.42. The third-order valence-corrected chi connectivity index (χ3v) is 2.26. The van der Waals surface area contributed by atoms with E-state index in [-0.39, 0.29) is 5.41 Å². The van der Waals surface area contributed by atoms with Crippen LogP contribution in [0.5, 0.6) is 0 Å². The molecule has 0 fully saturated rings. The molecule has 2 heteroatoms. The largest absolute Gasteiger partial charge is 0.260 e. The van der Waals surface area contributed by atoms with E-state index in [4.69, 9.17) is 11.6 Å². The Balaban J connectivity index is 3.26. The highest BCUT2D eigenvalue weighted by molar-refractivity contribution is 6.31. The predicted octanol–water partition coefficient (Wildman–Crippen LogP) is 3.34. The van der Waals surface area contributed by atoms with E-state index >= 15 is 0 Å². The van der Waals surface area contributed by atoms with Gasteiger partial charge >= 0.3 is 0 Å². The Morgan fingerprint density at radius 3 is 2.33 bits per heavy atom. The van der Waals surface area contributed by atoms with Crippen molar-refractivity contribution in [3.63, 3.8) is 0 Å². The summed E-state index contributed by atoms with van der Waals surface area (Å²) in [6.45, 7) is 8.42. The van der Waals surface area contributed by atoms with Crippen LogP contribution in [0.25, 0.3) is 0 Å². The number of aromatic nitrogens is 1. The molecule has 0 spiro atoms. The van der Waals surface area contributed by atoms with Gasteiger partial charge in [0.2, 0.25) is 0 Å². The monoisotopic (exact) mass is 183 g/mol. The van der Waals surface area contributed by atoms with Gasteiger partial charge in [0.15, 0.2) is 0 Å². The summed E-state index contributed by atoms with van der Waals surface area (Å²) in [5, 5.41) is 0.801. The molecule has 0 aromatic carbocycles. The molecule has 0 atom stereocenters. The lowest BCUT2D eigenvalue weighted by Crippen LogP contribution is -2.15. The van der Waals surface area contributed by atoms with Crippen molar-refractivity contribution < 1.29 is 0 Å². The summed E-state index contributed by atoms with van der Waals surface area (Å²) >= 11 is 5.98. The average molecular weight is 184 g/mol. The van der Waals surface area contributed by atoms with Crippen LogP contribution in [0.15, 0.2) is 12.3 Å². The number of hydrogen-bond donors (Lipinski definition) is 0. The van der Waals surface area contributed by atoms with Crippen molar-refractivity contribution in [3.8, 4) is 0 Å². The Bertz CT molecular complexity index is 286. The minimum atomic E-state index is 0.0784. The molecule has 66 valence electrons. The van der Waals surface area contributed by atoms with Crippen molar-refractivity contribution in [2.24, 2.45) is 0 Å². The molecule has 0 saturated heterocycles. The van der Waals surface area contributed by atoms with Gasteiger partial charge in [0.25, 0.3) is 0 Å². The van der Waals surface area contributed by atoms with Gasteiger partial charge in [-0.05, 0) is 18.6 Å². The standard InChI is InChI=1S/C10H14ClN/c1-7-8(11)5-6-12-9(7)10(2,3)4/h5-6H,1-4H3. The summed E-state index contributed by atoms with van der Waals surface area (Å²) in [7, 11) is 0. The Hall–Kier alpha value is -0.560. The highest BCUT2D eigenvalue weighted by Crippen LogP contribution is 2.27. The molecule has 0 aliphatic carbocycles. The van der Waals surface area contributed by atoms with Crippen LogP contribution in [-0.2, 0) is 5.41 Å². The van der Waals surface area contributed by atoms with E-state index in [2.05, 4.69) is 25.8 Å². The Morgan fingerprint density at radius 1 is 1.33 bits per heavy atom. The SMILES string of the molecule is Cc1c(Cl)ccnc1C(C)(C)C. The summed E-state index contributed by atoms with van der Waals surface area (Å²) in [4.78, 5) is 4.33. The molecule has 0 aliphatic heterocycles. The topological polar surface area (TPSA) is 12.9 Å². The molecule has 1 nitrogen and oxygen atoms in total. The van der Waals surface area contributed by atoms with Gasteiger partial charge in [0, 0.05) is 16.6 Å². The fourth-order valence-corrected chi connectivity index (χ4v) is 1.41. The van der Waals surface area contributed by atoms with Crippen LogP contribution in [0.2, 0.25) is 5.02 Å². The normalized spacial score (nSPS) is 11.8. The lowest BCUT2D eigenvalue weighted by molar-refractivity contribution is 0.564. The molecule has 0 aliphatic rings. The highest BCUT2D eigenvalue weighted by atomic mass is 35.5. The summed E-state index contributed by atoms with van der Waals surface area (Å²) in [6.07, 6.45) is 1.76. The van der Waals surface area contributed by atoms with E-state index < -0.39 is 0 Å². The lowest BCUT2D eigenvalue weighted by atomic mass is 9.89. The van der Waals surface area contributed by atoms with Crippen molar-refractivity contribution in [1.82, 2.24) is 4.98 Å². The van der Waals surface area contributed by atoms with Crippen LogP contribution in [0.1, 0.15) is 32.0 Å². The number of nitrogens with zero attached hydrogens (tertiary/aromatic N) is 1. The van der Waals surface area contributed by atoms with Gasteiger partial charge in [0.05, 0.1) is 5.69 Å². The maximum atomic E-state index is 5.98. The second-order valence-corrected chi connectivity index (χ2v) is 4.42. The van der Waals surface area contributed by atoms with Crippen LogP contribution in [0.4, 0.5) is 0 Å². The summed E-state index contributed by atoms with van der Waals surface area (Å²) in [5.41, 5.74) is 2.25. The predicted molar refractivity (Wildman–Crippen MR) is 52.7 cm³/mol. The molecule has 0 bridgehead atoms. The van der Waals surface area contributed by atoms with Crippen LogP contribution in [0.3, 0.4) is 0 Å². The average Bonchev–Trinajstić information content (AvgIpc) is 1.92. The van der Waals surface area contributed by atoms with E-state index in [0.29, 0.717) is 0 Å². The summed E-state index contributed by atoms with van der Waals surface area (Å²) < 4.78 is 0. The molecular weight excluding hydrogens is 170 g/mol. The zero-order chi connectivity index (χ0) is 9.35. The van der Waals surface area contributed by atoms with Crippen molar-refractivity contribution in [3.05, 3.63) is 28.5 Å². The highest BCUT2D eigenvalue weighted by Gasteiger charge is 2.18. The smallest absolute Gasteiger partial charge is 0.0500 e. The van der Waals surface area contributed by atoms with E-state index in [1.807, 2.05) is 13.0 Å². The number of pyridine rings is 1. The molecule has 1 aromatic rings. The van der Waals surface area contributed by atoms with E-state index in [1.54, 1.807) is 6.20 Å². The fraction of sp³-hybridized carbons (Fsp3) is 0.500. The van der Waals surface area contributed by atoms with Gasteiger partial charge in [-0.15, -0.1) is 0 Å². The van der Waals surface area contributed by atoms with Crippen molar-refractivity contribution in [2.75, 3.05) is 0 Å². The Morgan fingerprint density at radius 2 is 1.92 bits per heavy atom. The van der Waals surface area contributed by atoms with E-state index in [0.717, 1.165) is 16.3 Å². The zero-order valence-corrected chi connectivity index (χ0v) is 8.74. The number of hydrogen-bond acceptors (Lipinski definition) is 1. The second kappa shape index (κ2) is 3.06. The molecule has 0 amide bonds. The van der Waals surface area contributed by atoms with Crippen molar-refractivity contribution in [2.45, 2.75) is 33.1 Å². The molecule has 1 heterocycles. The van der Waals surface area contributed by atoms with Crippen LogP contribution in [0, 0.1) is 6.92 Å². The molecule has 0 radical (unpaired) electrons. The van der Waals surface area contributed by atoms with Crippen LogP contribution >= 0.6 is 11.6 Å². The van der Waals surface area contributed by atoms with E-state index in [9.17, 15) is 0 Å². The molecule has 0 saturated carbocycles. The lowest BCUT2D eigenvalue weighted by Gasteiger charge is -2.20. The molecule has 1 rings (SSSR count). The first-order chi connectivity index (χ1) is 5.43. The molecular formula is C10H14ClN. The van der Waals surface area contributed by atoms with Gasteiger partial charge in [0.1, 0.15) is 0 Å². The van der Waals surface area contributed by atoms with Crippen molar-refractivity contribution in [1.29, 1.82) is 0 Å². The maximum Gasteiger partial charge on any atom is 0.0500 e. The first-order valence-electron chi connectivity index (χ1n) is 4.04.